The van der Waals surface area contributed by atoms with Gasteiger partial charge in [-0.25, -0.2) is 5.43 Å². The first-order valence-corrected chi connectivity index (χ1v) is 9.64. The van der Waals surface area contributed by atoms with E-state index in [1.807, 2.05) is 42.5 Å². The zero-order chi connectivity index (χ0) is 20.1. The Hall–Kier alpha value is -3.22. The number of benzene rings is 3. The van der Waals surface area contributed by atoms with Crippen LogP contribution >= 0.6 is 0 Å². The number of carbonyl (C=O) groups excluding carboxylic acids is 1. The van der Waals surface area contributed by atoms with Gasteiger partial charge in [-0.3, -0.25) is 9.69 Å². The number of amides is 1. The van der Waals surface area contributed by atoms with E-state index in [4.69, 9.17) is 4.74 Å². The molecule has 0 atom stereocenters. The summed E-state index contributed by atoms with van der Waals surface area (Å²) in [5.74, 6) is -0.173. The van der Waals surface area contributed by atoms with Crippen LogP contribution in [0.25, 0.3) is 10.8 Å². The van der Waals surface area contributed by atoms with Crippen molar-refractivity contribution in [3.63, 3.8) is 0 Å². The molecule has 0 unspecified atom stereocenters. The molecule has 4 rings (SSSR count). The lowest BCUT2D eigenvalue weighted by atomic mass is 10.0. The van der Waals surface area contributed by atoms with Crippen LogP contribution in [0.3, 0.4) is 0 Å². The number of carbonyl (C=O) groups is 1. The van der Waals surface area contributed by atoms with Gasteiger partial charge in [0, 0.05) is 30.8 Å². The summed E-state index contributed by atoms with van der Waals surface area (Å²) >= 11 is 0. The van der Waals surface area contributed by atoms with E-state index in [0.29, 0.717) is 11.1 Å². The molecule has 6 nitrogen and oxygen atoms in total. The predicted octanol–water partition coefficient (Wildman–Crippen LogP) is 3.14. The van der Waals surface area contributed by atoms with Gasteiger partial charge >= 0.3 is 0 Å². The predicted molar refractivity (Wildman–Crippen MR) is 113 cm³/mol. The van der Waals surface area contributed by atoms with Crippen LogP contribution in [0, 0.1) is 0 Å². The van der Waals surface area contributed by atoms with E-state index in [9.17, 15) is 9.90 Å². The van der Waals surface area contributed by atoms with Gasteiger partial charge in [0.15, 0.2) is 0 Å². The van der Waals surface area contributed by atoms with Crippen molar-refractivity contribution < 1.29 is 14.6 Å². The molecule has 3 aromatic rings. The number of hydrogen-bond donors (Lipinski definition) is 2. The van der Waals surface area contributed by atoms with Crippen molar-refractivity contribution in [3.8, 4) is 5.75 Å². The molecule has 0 saturated carbocycles. The number of nitrogens with zero attached hydrogens (tertiary/aromatic N) is 2. The van der Waals surface area contributed by atoms with Crippen LogP contribution < -0.4 is 5.43 Å². The summed E-state index contributed by atoms with van der Waals surface area (Å²) in [4.78, 5) is 14.7. The fourth-order valence-corrected chi connectivity index (χ4v) is 3.42. The number of hydrogen-bond acceptors (Lipinski definition) is 5. The fourth-order valence-electron chi connectivity index (χ4n) is 3.42. The molecule has 0 aliphatic carbocycles. The van der Waals surface area contributed by atoms with E-state index >= 15 is 0 Å². The minimum atomic E-state index is -0.293. The lowest BCUT2D eigenvalue weighted by Gasteiger charge is -2.26. The van der Waals surface area contributed by atoms with Crippen LogP contribution in [0.5, 0.6) is 5.75 Å². The molecule has 1 saturated heterocycles. The van der Waals surface area contributed by atoms with Crippen molar-refractivity contribution >= 4 is 22.9 Å². The highest BCUT2D eigenvalue weighted by molar-refractivity contribution is 6.03. The quantitative estimate of drug-likeness (QED) is 0.519. The summed E-state index contributed by atoms with van der Waals surface area (Å²) < 4.78 is 5.36. The SMILES string of the molecule is O=C(N/N=C\c1c(O)ccc2ccccc12)c1ccc(CN2CCOCC2)cc1. The minimum absolute atomic E-state index is 0.120. The largest absolute Gasteiger partial charge is 0.507 e. The van der Waals surface area contributed by atoms with E-state index in [-0.39, 0.29) is 11.7 Å². The second-order valence-corrected chi connectivity index (χ2v) is 7.00. The molecule has 1 aliphatic rings. The average Bonchev–Trinajstić information content (AvgIpc) is 2.76. The first kappa shape index (κ1) is 19.1. The van der Waals surface area contributed by atoms with Crippen LogP contribution in [0.4, 0.5) is 0 Å². The van der Waals surface area contributed by atoms with Gasteiger partial charge in [-0.05, 0) is 34.5 Å². The molecule has 1 aliphatic heterocycles. The number of phenolic OH excluding ortho intramolecular Hbond substituents is 1. The third kappa shape index (κ3) is 4.62. The Labute approximate surface area is 169 Å². The molecule has 2 N–H and O–H groups in total. The maximum Gasteiger partial charge on any atom is 0.271 e. The van der Waals surface area contributed by atoms with E-state index in [2.05, 4.69) is 15.4 Å². The summed E-state index contributed by atoms with van der Waals surface area (Å²) in [6, 6.07) is 18.7. The molecule has 6 heteroatoms. The third-order valence-electron chi connectivity index (χ3n) is 5.03. The molecule has 0 bridgehead atoms. The second kappa shape index (κ2) is 8.86. The van der Waals surface area contributed by atoms with Crippen LogP contribution in [0.15, 0.2) is 65.8 Å². The van der Waals surface area contributed by atoms with Gasteiger partial charge in [0.25, 0.3) is 5.91 Å². The van der Waals surface area contributed by atoms with E-state index in [1.165, 1.54) is 6.21 Å². The van der Waals surface area contributed by atoms with Crippen LogP contribution in [-0.4, -0.2) is 48.4 Å². The Bertz CT molecular complexity index is 1030. The Morgan fingerprint density at radius 2 is 1.83 bits per heavy atom. The van der Waals surface area contributed by atoms with E-state index < -0.39 is 0 Å². The van der Waals surface area contributed by atoms with Crippen LogP contribution in [0.1, 0.15) is 21.5 Å². The number of nitrogens with one attached hydrogen (secondary N) is 1. The summed E-state index contributed by atoms with van der Waals surface area (Å²) in [5, 5.41) is 16.0. The Morgan fingerprint density at radius 1 is 1.07 bits per heavy atom. The smallest absolute Gasteiger partial charge is 0.271 e. The van der Waals surface area contributed by atoms with Crippen molar-refractivity contribution in [2.75, 3.05) is 26.3 Å². The number of phenols is 1. The zero-order valence-corrected chi connectivity index (χ0v) is 16.0. The van der Waals surface area contributed by atoms with Gasteiger partial charge in [-0.1, -0.05) is 42.5 Å². The molecule has 1 fully saturated rings. The lowest BCUT2D eigenvalue weighted by molar-refractivity contribution is 0.0342. The highest BCUT2D eigenvalue weighted by Gasteiger charge is 2.11. The van der Waals surface area contributed by atoms with Crippen molar-refractivity contribution in [2.45, 2.75) is 6.54 Å². The van der Waals surface area contributed by atoms with Crippen LogP contribution in [0.2, 0.25) is 0 Å². The van der Waals surface area contributed by atoms with E-state index in [0.717, 1.165) is 49.2 Å². The zero-order valence-electron chi connectivity index (χ0n) is 16.0. The lowest BCUT2D eigenvalue weighted by Crippen LogP contribution is -2.35. The van der Waals surface area contributed by atoms with Crippen molar-refractivity contribution in [3.05, 3.63) is 77.4 Å². The summed E-state index contributed by atoms with van der Waals surface area (Å²) in [7, 11) is 0. The molecule has 0 radical (unpaired) electrons. The Kier molecular flexibility index (Phi) is 5.84. The van der Waals surface area contributed by atoms with Crippen LogP contribution in [-0.2, 0) is 11.3 Å². The topological polar surface area (TPSA) is 74.2 Å². The maximum atomic E-state index is 12.4. The number of morpholine rings is 1. The molecule has 0 spiro atoms. The Morgan fingerprint density at radius 3 is 2.62 bits per heavy atom. The molecule has 29 heavy (non-hydrogen) atoms. The van der Waals surface area contributed by atoms with Gasteiger partial charge in [0.2, 0.25) is 0 Å². The molecule has 1 heterocycles. The first-order valence-electron chi connectivity index (χ1n) is 9.64. The Balaban J connectivity index is 1.40. The van der Waals surface area contributed by atoms with Crippen molar-refractivity contribution in [1.82, 2.24) is 10.3 Å². The molecule has 148 valence electrons. The first-order chi connectivity index (χ1) is 14.2. The van der Waals surface area contributed by atoms with E-state index in [1.54, 1.807) is 18.2 Å². The highest BCUT2D eigenvalue weighted by atomic mass is 16.5. The summed E-state index contributed by atoms with van der Waals surface area (Å²) in [6.07, 6.45) is 1.47. The number of ether oxygens (including phenoxy) is 1. The second-order valence-electron chi connectivity index (χ2n) is 7.00. The maximum absolute atomic E-state index is 12.4. The minimum Gasteiger partial charge on any atom is -0.507 e. The highest BCUT2D eigenvalue weighted by Crippen LogP contribution is 2.25. The third-order valence-corrected chi connectivity index (χ3v) is 5.03. The van der Waals surface area contributed by atoms with Gasteiger partial charge in [-0.15, -0.1) is 0 Å². The monoisotopic (exact) mass is 389 g/mol. The molecule has 3 aromatic carbocycles. The normalized spacial score (nSPS) is 15.0. The number of aromatic hydroxyl groups is 1. The summed E-state index contributed by atoms with van der Waals surface area (Å²) in [6.45, 7) is 4.25. The summed E-state index contributed by atoms with van der Waals surface area (Å²) in [5.41, 5.74) is 4.80. The number of rotatable bonds is 5. The van der Waals surface area contributed by atoms with Gasteiger partial charge in [0.1, 0.15) is 5.75 Å². The standard InChI is InChI=1S/C23H23N3O3/c27-22-10-9-18-3-1-2-4-20(18)21(22)15-24-25-23(28)19-7-5-17(6-8-19)16-26-11-13-29-14-12-26/h1-10,15,27H,11-14,16H2,(H,25,28)/b24-15-. The van der Waals surface area contributed by atoms with Crippen molar-refractivity contribution in [1.29, 1.82) is 0 Å². The van der Waals surface area contributed by atoms with Gasteiger partial charge in [-0.2, -0.15) is 5.10 Å². The van der Waals surface area contributed by atoms with Gasteiger partial charge in [0.05, 0.1) is 19.4 Å². The van der Waals surface area contributed by atoms with Gasteiger partial charge < -0.3 is 9.84 Å². The molecular formula is C23H23N3O3. The molecule has 1 amide bonds. The fraction of sp³-hybridized carbons (Fsp3) is 0.217. The number of hydrazone groups is 1. The number of fused-ring (bicyclic) bond motifs is 1. The molecular weight excluding hydrogens is 366 g/mol. The molecule has 0 aromatic heterocycles. The van der Waals surface area contributed by atoms with Crippen molar-refractivity contribution in [2.24, 2.45) is 5.10 Å². The average molecular weight is 389 g/mol.